The Morgan fingerprint density at radius 3 is 2.38 bits per heavy atom. The van der Waals surface area contributed by atoms with Crippen molar-refractivity contribution in [2.24, 2.45) is 0 Å². The van der Waals surface area contributed by atoms with Gasteiger partial charge >= 0.3 is 0 Å². The van der Waals surface area contributed by atoms with Crippen molar-refractivity contribution in [1.29, 1.82) is 0 Å². The summed E-state index contributed by atoms with van der Waals surface area (Å²) < 4.78 is 31.7. The maximum Gasteiger partial charge on any atom is 0.258 e. The van der Waals surface area contributed by atoms with Gasteiger partial charge in [-0.25, -0.2) is 8.78 Å². The van der Waals surface area contributed by atoms with Gasteiger partial charge in [0.15, 0.2) is 18.2 Å². The van der Waals surface area contributed by atoms with Crippen LogP contribution in [-0.2, 0) is 9.59 Å². The van der Waals surface area contributed by atoms with Crippen LogP contribution in [0.4, 0.5) is 14.5 Å². The number of hydrogen-bond acceptors (Lipinski definition) is 3. The molecule has 0 saturated carbocycles. The Bertz CT molecular complexity index is 779. The molecule has 1 N–H and O–H groups in total. The van der Waals surface area contributed by atoms with Crippen LogP contribution in [0, 0.1) is 18.6 Å². The lowest BCUT2D eigenvalue weighted by atomic mass is 10.2. The van der Waals surface area contributed by atoms with Crippen LogP contribution < -0.4 is 15.0 Å². The summed E-state index contributed by atoms with van der Waals surface area (Å²) in [6.07, 6.45) is 0. The third-order valence-electron chi connectivity index (χ3n) is 3.64. The van der Waals surface area contributed by atoms with E-state index in [0.29, 0.717) is 5.75 Å². The number of ether oxygens (including phenoxy) is 1. The maximum atomic E-state index is 13.3. The Balaban J connectivity index is 1.83. The van der Waals surface area contributed by atoms with E-state index in [4.69, 9.17) is 4.74 Å². The van der Waals surface area contributed by atoms with Gasteiger partial charge in [0.1, 0.15) is 5.75 Å². The number of benzene rings is 2. The summed E-state index contributed by atoms with van der Waals surface area (Å²) in [5, 5.41) is 2.62. The first kappa shape index (κ1) is 19.4. The number of hydrogen-bond donors (Lipinski definition) is 1. The number of aryl methyl sites for hydroxylation is 1. The van der Waals surface area contributed by atoms with Crippen molar-refractivity contribution >= 4 is 17.5 Å². The molecule has 0 spiro atoms. The monoisotopic (exact) mass is 362 g/mol. The molecule has 26 heavy (non-hydrogen) atoms. The Morgan fingerprint density at radius 2 is 1.77 bits per heavy atom. The van der Waals surface area contributed by atoms with E-state index in [9.17, 15) is 18.4 Å². The molecule has 0 aliphatic rings. The zero-order chi connectivity index (χ0) is 19.1. The van der Waals surface area contributed by atoms with Gasteiger partial charge < -0.3 is 15.0 Å². The molecule has 0 saturated heterocycles. The highest BCUT2D eigenvalue weighted by Gasteiger charge is 2.14. The number of carbonyl (C=O) groups is 2. The molecule has 0 unspecified atom stereocenters. The molecule has 2 amide bonds. The van der Waals surface area contributed by atoms with E-state index in [-0.39, 0.29) is 37.2 Å². The smallest absolute Gasteiger partial charge is 0.258 e. The molecule has 0 aliphatic carbocycles. The zero-order valence-electron chi connectivity index (χ0n) is 14.6. The first-order chi connectivity index (χ1) is 12.4. The predicted molar refractivity (Wildman–Crippen MR) is 94.1 cm³/mol. The second-order valence-electron chi connectivity index (χ2n) is 5.72. The van der Waals surface area contributed by atoms with Crippen molar-refractivity contribution in [2.75, 3.05) is 24.6 Å². The number of amides is 2. The topological polar surface area (TPSA) is 58.6 Å². The second kappa shape index (κ2) is 8.94. The van der Waals surface area contributed by atoms with Gasteiger partial charge in [-0.1, -0.05) is 17.7 Å². The fourth-order valence-electron chi connectivity index (χ4n) is 2.26. The van der Waals surface area contributed by atoms with Crippen LogP contribution >= 0.6 is 0 Å². The lowest BCUT2D eigenvalue weighted by Gasteiger charge is -2.21. The molecular formula is C19H20F2N2O3. The number of rotatable bonds is 7. The normalized spacial score (nSPS) is 10.3. The van der Waals surface area contributed by atoms with Crippen LogP contribution in [0.2, 0.25) is 0 Å². The van der Waals surface area contributed by atoms with E-state index in [1.165, 1.54) is 17.9 Å². The van der Waals surface area contributed by atoms with E-state index >= 15 is 0 Å². The van der Waals surface area contributed by atoms with Gasteiger partial charge in [0.25, 0.3) is 5.91 Å². The third-order valence-corrected chi connectivity index (χ3v) is 3.64. The van der Waals surface area contributed by atoms with E-state index in [1.807, 2.05) is 19.1 Å². The minimum atomic E-state index is -1.04. The Kier molecular flexibility index (Phi) is 6.66. The van der Waals surface area contributed by atoms with Gasteiger partial charge in [0.05, 0.1) is 0 Å². The SMILES string of the molecule is CC(=O)N(CCNC(=O)COc1ccc(C)cc1)c1ccc(F)c(F)c1. The lowest BCUT2D eigenvalue weighted by molar-refractivity contribution is -0.123. The van der Waals surface area contributed by atoms with E-state index in [1.54, 1.807) is 12.1 Å². The van der Waals surface area contributed by atoms with Crippen molar-refractivity contribution in [2.45, 2.75) is 13.8 Å². The fraction of sp³-hybridized carbons (Fsp3) is 0.263. The summed E-state index contributed by atoms with van der Waals surface area (Å²) in [5.41, 5.74) is 1.31. The molecule has 5 nitrogen and oxygen atoms in total. The number of halogens is 2. The molecule has 138 valence electrons. The number of carbonyl (C=O) groups excluding carboxylic acids is 2. The van der Waals surface area contributed by atoms with Gasteiger partial charge in [-0.05, 0) is 31.2 Å². The highest BCUT2D eigenvalue weighted by molar-refractivity contribution is 5.91. The predicted octanol–water partition coefficient (Wildman–Crippen LogP) is 2.82. The van der Waals surface area contributed by atoms with Gasteiger partial charge in [-0.2, -0.15) is 0 Å². The summed E-state index contributed by atoms with van der Waals surface area (Å²) in [4.78, 5) is 24.8. The molecule has 0 bridgehead atoms. The average molecular weight is 362 g/mol. The zero-order valence-corrected chi connectivity index (χ0v) is 14.6. The molecule has 7 heteroatoms. The van der Waals surface area contributed by atoms with Crippen LogP contribution in [0.3, 0.4) is 0 Å². The van der Waals surface area contributed by atoms with Crippen molar-refractivity contribution < 1.29 is 23.1 Å². The molecule has 0 atom stereocenters. The summed E-state index contributed by atoms with van der Waals surface area (Å²) in [5.74, 6) is -2.14. The Hall–Kier alpha value is -2.96. The fourth-order valence-corrected chi connectivity index (χ4v) is 2.26. The molecule has 2 aromatic carbocycles. The summed E-state index contributed by atoms with van der Waals surface area (Å²) in [6.45, 7) is 3.37. The molecule has 2 rings (SSSR count). The average Bonchev–Trinajstić information content (AvgIpc) is 2.60. The van der Waals surface area contributed by atoms with Gasteiger partial charge in [0, 0.05) is 31.8 Å². The molecule has 0 radical (unpaired) electrons. The molecule has 0 aromatic heterocycles. The summed E-state index contributed by atoms with van der Waals surface area (Å²) in [7, 11) is 0. The number of nitrogens with one attached hydrogen (secondary N) is 1. The van der Waals surface area contributed by atoms with Crippen molar-refractivity contribution in [1.82, 2.24) is 5.32 Å². The number of anilines is 1. The molecule has 0 fully saturated rings. The third kappa shape index (κ3) is 5.54. The van der Waals surface area contributed by atoms with Gasteiger partial charge in [-0.15, -0.1) is 0 Å². The summed E-state index contributed by atoms with van der Waals surface area (Å²) in [6, 6.07) is 10.5. The molecule has 0 heterocycles. The minimum Gasteiger partial charge on any atom is -0.484 e. The molecular weight excluding hydrogens is 342 g/mol. The van der Waals surface area contributed by atoms with Gasteiger partial charge in [-0.3, -0.25) is 9.59 Å². The minimum absolute atomic E-state index is 0.122. The van der Waals surface area contributed by atoms with E-state index in [0.717, 1.165) is 17.7 Å². The van der Waals surface area contributed by atoms with Crippen molar-refractivity contribution in [3.05, 3.63) is 59.7 Å². The van der Waals surface area contributed by atoms with Gasteiger partial charge in [0.2, 0.25) is 5.91 Å². The van der Waals surface area contributed by atoms with Crippen LogP contribution in [0.5, 0.6) is 5.75 Å². The van der Waals surface area contributed by atoms with Crippen LogP contribution in [-0.4, -0.2) is 31.5 Å². The lowest BCUT2D eigenvalue weighted by Crippen LogP contribution is -2.39. The first-order valence-electron chi connectivity index (χ1n) is 8.06. The van der Waals surface area contributed by atoms with Crippen molar-refractivity contribution in [3.8, 4) is 5.75 Å². The maximum absolute atomic E-state index is 13.3. The quantitative estimate of drug-likeness (QED) is 0.824. The largest absolute Gasteiger partial charge is 0.484 e. The second-order valence-corrected chi connectivity index (χ2v) is 5.72. The molecule has 0 aliphatic heterocycles. The first-order valence-corrected chi connectivity index (χ1v) is 8.06. The van der Waals surface area contributed by atoms with Crippen molar-refractivity contribution in [3.63, 3.8) is 0 Å². The highest BCUT2D eigenvalue weighted by Crippen LogP contribution is 2.18. The van der Waals surface area contributed by atoms with E-state index in [2.05, 4.69) is 5.32 Å². The highest BCUT2D eigenvalue weighted by atomic mass is 19.2. The van der Waals surface area contributed by atoms with Crippen LogP contribution in [0.1, 0.15) is 12.5 Å². The summed E-state index contributed by atoms with van der Waals surface area (Å²) >= 11 is 0. The van der Waals surface area contributed by atoms with E-state index < -0.39 is 11.6 Å². The van der Waals surface area contributed by atoms with Crippen LogP contribution in [0.15, 0.2) is 42.5 Å². The Morgan fingerprint density at radius 1 is 1.08 bits per heavy atom. The number of nitrogens with zero attached hydrogens (tertiary/aromatic N) is 1. The standard InChI is InChI=1S/C19H20F2N2O3/c1-13-3-6-16(7-4-13)26-12-19(25)22-9-10-23(14(2)24)15-5-8-17(20)18(21)11-15/h3-8,11H,9-10,12H2,1-2H3,(H,22,25). The van der Waals surface area contributed by atoms with Crippen LogP contribution in [0.25, 0.3) is 0 Å². The molecule has 2 aromatic rings. The Labute approximate surface area is 150 Å².